The maximum atomic E-state index is 9.49. The number of aryl methyl sites for hydroxylation is 1. The number of aromatic hydroxyl groups is 1. The summed E-state index contributed by atoms with van der Waals surface area (Å²) in [5.74, 6) is 2.09. The molecular weight excluding hydrogens is 212 g/mol. The Hall–Kier alpha value is -1.02. The average Bonchev–Trinajstić information content (AvgIpc) is 2.39. The highest BCUT2D eigenvalue weighted by molar-refractivity contribution is 5.36. The summed E-state index contributed by atoms with van der Waals surface area (Å²) in [5.41, 5.74) is 2.80. The van der Waals surface area contributed by atoms with E-state index in [0.717, 1.165) is 31.5 Å². The van der Waals surface area contributed by atoms with E-state index in [1.54, 1.807) is 0 Å². The third kappa shape index (κ3) is 2.32. The maximum Gasteiger partial charge on any atom is 0.115 e. The van der Waals surface area contributed by atoms with Crippen molar-refractivity contribution in [1.29, 1.82) is 0 Å². The van der Waals surface area contributed by atoms with E-state index in [0.29, 0.717) is 5.75 Å². The van der Waals surface area contributed by atoms with Crippen molar-refractivity contribution in [2.24, 2.45) is 11.8 Å². The second kappa shape index (κ2) is 4.69. The van der Waals surface area contributed by atoms with Gasteiger partial charge in [-0.2, -0.15) is 0 Å². The molecule has 1 aromatic carbocycles. The lowest BCUT2D eigenvalue weighted by Gasteiger charge is -2.33. The summed E-state index contributed by atoms with van der Waals surface area (Å²) in [6.07, 6.45) is 6.07. The highest BCUT2D eigenvalue weighted by atomic mass is 16.5. The maximum absolute atomic E-state index is 9.49. The number of phenols is 1. The zero-order valence-corrected chi connectivity index (χ0v) is 10.2. The van der Waals surface area contributed by atoms with Crippen LogP contribution in [0.2, 0.25) is 0 Å². The number of phenolic OH excluding ortho intramolecular Hbond substituents is 1. The van der Waals surface area contributed by atoms with Crippen LogP contribution >= 0.6 is 0 Å². The van der Waals surface area contributed by atoms with Gasteiger partial charge in [-0.1, -0.05) is 6.07 Å². The summed E-state index contributed by atoms with van der Waals surface area (Å²) in [6, 6.07) is 5.87. The lowest BCUT2D eigenvalue weighted by Crippen LogP contribution is -2.27. The van der Waals surface area contributed by atoms with Crippen molar-refractivity contribution in [2.75, 3.05) is 13.2 Å². The van der Waals surface area contributed by atoms with Gasteiger partial charge in [0, 0.05) is 13.2 Å². The van der Waals surface area contributed by atoms with Gasteiger partial charge in [-0.25, -0.2) is 0 Å². The summed E-state index contributed by atoms with van der Waals surface area (Å²) in [6.45, 7) is 1.90. The molecule has 0 spiro atoms. The van der Waals surface area contributed by atoms with E-state index in [2.05, 4.69) is 6.07 Å². The van der Waals surface area contributed by atoms with E-state index < -0.39 is 0 Å². The smallest absolute Gasteiger partial charge is 0.115 e. The molecule has 1 saturated heterocycles. The number of benzene rings is 1. The van der Waals surface area contributed by atoms with Crippen molar-refractivity contribution in [1.82, 2.24) is 0 Å². The van der Waals surface area contributed by atoms with Crippen molar-refractivity contribution in [3.8, 4) is 5.75 Å². The van der Waals surface area contributed by atoms with Crippen LogP contribution in [-0.4, -0.2) is 18.3 Å². The first-order valence-electron chi connectivity index (χ1n) is 6.71. The molecule has 1 fully saturated rings. The summed E-state index contributed by atoms with van der Waals surface area (Å²) in [4.78, 5) is 0. The Kier molecular flexibility index (Phi) is 3.06. The van der Waals surface area contributed by atoms with E-state index in [1.807, 2.05) is 12.1 Å². The van der Waals surface area contributed by atoms with Gasteiger partial charge in [0.25, 0.3) is 0 Å². The second-order valence-electron chi connectivity index (χ2n) is 5.41. The fourth-order valence-corrected chi connectivity index (χ4v) is 3.36. The Morgan fingerprint density at radius 2 is 1.82 bits per heavy atom. The molecule has 1 heterocycles. The Balaban J connectivity index is 1.73. The molecule has 1 N–H and O–H groups in total. The minimum absolute atomic E-state index is 0.410. The molecule has 2 aliphatic rings. The van der Waals surface area contributed by atoms with Crippen molar-refractivity contribution in [3.63, 3.8) is 0 Å². The predicted molar refractivity (Wildman–Crippen MR) is 67.2 cm³/mol. The summed E-state index contributed by atoms with van der Waals surface area (Å²) >= 11 is 0. The van der Waals surface area contributed by atoms with Crippen LogP contribution in [0.15, 0.2) is 18.2 Å². The van der Waals surface area contributed by atoms with Crippen LogP contribution in [0.5, 0.6) is 5.75 Å². The molecule has 2 heteroatoms. The highest BCUT2D eigenvalue weighted by Crippen LogP contribution is 2.35. The van der Waals surface area contributed by atoms with Gasteiger partial charge in [0.2, 0.25) is 0 Å². The first-order chi connectivity index (χ1) is 8.33. The molecule has 1 aromatic rings. The van der Waals surface area contributed by atoms with Crippen molar-refractivity contribution < 1.29 is 9.84 Å². The normalized spacial score (nSPS) is 25.5. The highest BCUT2D eigenvalue weighted by Gasteiger charge is 2.27. The number of ether oxygens (including phenoxy) is 1. The topological polar surface area (TPSA) is 29.5 Å². The molecule has 3 rings (SSSR count). The fourth-order valence-electron chi connectivity index (χ4n) is 3.36. The van der Waals surface area contributed by atoms with Gasteiger partial charge in [-0.05, 0) is 67.2 Å². The van der Waals surface area contributed by atoms with Gasteiger partial charge in [-0.15, -0.1) is 0 Å². The molecule has 1 aliphatic heterocycles. The summed E-state index contributed by atoms with van der Waals surface area (Å²) in [5, 5.41) is 9.49. The van der Waals surface area contributed by atoms with E-state index in [1.165, 1.54) is 36.8 Å². The van der Waals surface area contributed by atoms with Crippen LogP contribution in [0.4, 0.5) is 0 Å². The monoisotopic (exact) mass is 232 g/mol. The van der Waals surface area contributed by atoms with Crippen LogP contribution in [0.1, 0.15) is 30.4 Å². The predicted octanol–water partition coefficient (Wildman–Crippen LogP) is 2.92. The molecule has 0 saturated carbocycles. The zero-order valence-electron chi connectivity index (χ0n) is 10.2. The van der Waals surface area contributed by atoms with Crippen LogP contribution < -0.4 is 0 Å². The first-order valence-corrected chi connectivity index (χ1v) is 6.71. The first kappa shape index (κ1) is 11.1. The van der Waals surface area contributed by atoms with Crippen LogP contribution in [0.3, 0.4) is 0 Å². The van der Waals surface area contributed by atoms with Gasteiger partial charge < -0.3 is 9.84 Å². The molecule has 17 heavy (non-hydrogen) atoms. The lowest BCUT2D eigenvalue weighted by molar-refractivity contribution is 0.0439. The average molecular weight is 232 g/mol. The van der Waals surface area contributed by atoms with E-state index >= 15 is 0 Å². The summed E-state index contributed by atoms with van der Waals surface area (Å²) < 4.78 is 5.44. The van der Waals surface area contributed by atoms with Crippen LogP contribution in [0, 0.1) is 11.8 Å². The van der Waals surface area contributed by atoms with E-state index in [4.69, 9.17) is 4.74 Å². The summed E-state index contributed by atoms with van der Waals surface area (Å²) in [7, 11) is 0. The van der Waals surface area contributed by atoms with Crippen molar-refractivity contribution >= 4 is 0 Å². The quantitative estimate of drug-likeness (QED) is 0.806. The minimum Gasteiger partial charge on any atom is -0.508 e. The van der Waals surface area contributed by atoms with Crippen molar-refractivity contribution in [2.45, 2.75) is 32.1 Å². The standard InChI is InChI=1S/C15H20O2/c16-15-4-3-13-9-12(1-2-14(13)10-15)11-5-7-17-8-6-11/h3-4,10-12,16H,1-2,5-9H2/t12-/m1/s1. The van der Waals surface area contributed by atoms with Crippen LogP contribution in [-0.2, 0) is 17.6 Å². The fraction of sp³-hybridized carbons (Fsp3) is 0.600. The zero-order chi connectivity index (χ0) is 11.7. The number of hydrogen-bond acceptors (Lipinski definition) is 2. The van der Waals surface area contributed by atoms with Crippen molar-refractivity contribution in [3.05, 3.63) is 29.3 Å². The van der Waals surface area contributed by atoms with Gasteiger partial charge in [0.1, 0.15) is 5.75 Å². The lowest BCUT2D eigenvalue weighted by atomic mass is 9.74. The molecule has 1 atom stereocenters. The SMILES string of the molecule is Oc1ccc2c(c1)CC[C@@H](C1CCOCC1)C2. The number of hydrogen-bond donors (Lipinski definition) is 1. The van der Waals surface area contributed by atoms with Gasteiger partial charge in [0.05, 0.1) is 0 Å². The molecule has 0 radical (unpaired) electrons. The third-order valence-corrected chi connectivity index (χ3v) is 4.39. The largest absolute Gasteiger partial charge is 0.508 e. The van der Waals surface area contributed by atoms with Gasteiger partial charge in [-0.3, -0.25) is 0 Å². The molecule has 0 amide bonds. The van der Waals surface area contributed by atoms with Gasteiger partial charge in [0.15, 0.2) is 0 Å². The molecule has 0 aromatic heterocycles. The Morgan fingerprint density at radius 3 is 2.65 bits per heavy atom. The third-order valence-electron chi connectivity index (χ3n) is 4.39. The minimum atomic E-state index is 0.410. The molecular formula is C15H20O2. The van der Waals surface area contributed by atoms with Gasteiger partial charge >= 0.3 is 0 Å². The van der Waals surface area contributed by atoms with E-state index in [9.17, 15) is 5.11 Å². The molecule has 2 nitrogen and oxygen atoms in total. The second-order valence-corrected chi connectivity index (χ2v) is 5.41. The molecule has 0 bridgehead atoms. The Bertz CT molecular complexity index is 394. The molecule has 92 valence electrons. The molecule has 1 aliphatic carbocycles. The van der Waals surface area contributed by atoms with E-state index in [-0.39, 0.29) is 0 Å². The Labute approximate surface area is 103 Å². The number of fused-ring (bicyclic) bond motifs is 1. The number of rotatable bonds is 1. The van der Waals surface area contributed by atoms with Crippen LogP contribution in [0.25, 0.3) is 0 Å². The Morgan fingerprint density at radius 1 is 1.00 bits per heavy atom. The molecule has 0 unspecified atom stereocenters.